The standard InChI is InChI=1S/C4H12N2O.3C2H4O2.3Na.3H/c1-4(7)6-3-2-5;3*1-2(3)4;;;;;;/h4,6-7H,2-3,5H2,1H3;3*1H3,(H,3,4);;;;;;. The van der Waals surface area contributed by atoms with Gasteiger partial charge in [0.1, 0.15) is 6.23 Å². The third kappa shape index (κ3) is 313. The SMILES string of the molecule is CC(=O)O.CC(=O)O.CC(=O)O.CC(O)NCCN.[NaH].[NaH].[NaH]. The Morgan fingerprint density at radius 3 is 1.14 bits per heavy atom. The fraction of sp³-hybridized carbons (Fsp3) is 0.700. The van der Waals surface area contributed by atoms with Crippen molar-refractivity contribution in [2.45, 2.75) is 33.9 Å². The number of nitrogens with two attached hydrogens (primary N) is 1. The topological polar surface area (TPSA) is 170 Å². The van der Waals surface area contributed by atoms with E-state index in [2.05, 4.69) is 5.32 Å². The molecule has 0 aromatic carbocycles. The number of aliphatic carboxylic acids is 3. The average molecular weight is 356 g/mol. The predicted octanol–water partition coefficient (Wildman–Crippen LogP) is -2.80. The van der Waals surface area contributed by atoms with Crippen LogP contribution in [0.4, 0.5) is 0 Å². The number of aliphatic hydroxyl groups is 1. The van der Waals surface area contributed by atoms with E-state index in [1.54, 1.807) is 6.92 Å². The predicted molar refractivity (Wildman–Crippen MR) is 90.1 cm³/mol. The number of rotatable bonds is 3. The van der Waals surface area contributed by atoms with Crippen molar-refractivity contribution in [2.24, 2.45) is 5.73 Å². The fourth-order valence-electron chi connectivity index (χ4n) is 0.292. The summed E-state index contributed by atoms with van der Waals surface area (Å²) in [5.41, 5.74) is 5.10. The van der Waals surface area contributed by atoms with Crippen LogP contribution in [0.25, 0.3) is 0 Å². The van der Waals surface area contributed by atoms with Crippen molar-refractivity contribution in [3.8, 4) is 0 Å². The van der Waals surface area contributed by atoms with Crippen LogP contribution in [0, 0.1) is 0 Å². The molecular weight excluding hydrogens is 329 g/mol. The van der Waals surface area contributed by atoms with Gasteiger partial charge in [-0.15, -0.1) is 0 Å². The van der Waals surface area contributed by atoms with Gasteiger partial charge in [-0.3, -0.25) is 19.7 Å². The first-order valence-corrected chi connectivity index (χ1v) is 5.17. The Morgan fingerprint density at radius 2 is 1.09 bits per heavy atom. The molecule has 12 heteroatoms. The Morgan fingerprint density at radius 1 is 0.909 bits per heavy atom. The van der Waals surface area contributed by atoms with Crippen molar-refractivity contribution in [3.63, 3.8) is 0 Å². The van der Waals surface area contributed by atoms with Gasteiger partial charge in [0.05, 0.1) is 0 Å². The number of hydrogen-bond donors (Lipinski definition) is 6. The number of nitrogens with one attached hydrogen (secondary N) is 1. The molecule has 0 spiro atoms. The summed E-state index contributed by atoms with van der Waals surface area (Å²) in [5, 5.41) is 33.5. The van der Waals surface area contributed by atoms with Crippen molar-refractivity contribution >= 4 is 107 Å². The fourth-order valence-corrected chi connectivity index (χ4v) is 0.292. The first-order valence-electron chi connectivity index (χ1n) is 5.17. The molecule has 7 N–H and O–H groups in total. The number of carbonyl (C=O) groups is 3. The van der Waals surface area contributed by atoms with E-state index in [0.717, 1.165) is 20.8 Å². The molecular formula is C10H27N2Na3O7. The maximum atomic E-state index is 9.00. The molecule has 0 saturated heterocycles. The Kier molecular flexibility index (Phi) is 75.5. The van der Waals surface area contributed by atoms with Crippen LogP contribution in [0.15, 0.2) is 0 Å². The zero-order valence-electron chi connectivity index (χ0n) is 11.6. The van der Waals surface area contributed by atoms with Crippen LogP contribution in [-0.2, 0) is 14.4 Å². The Hall–Kier alpha value is 1.29. The molecule has 0 rings (SSSR count). The first-order chi connectivity index (χ1) is 8.47. The molecule has 0 radical (unpaired) electrons. The normalized spacial score (nSPS) is 7.91. The van der Waals surface area contributed by atoms with Crippen LogP contribution in [0.3, 0.4) is 0 Å². The second-order valence-electron chi connectivity index (χ2n) is 2.98. The van der Waals surface area contributed by atoms with Crippen molar-refractivity contribution in [1.82, 2.24) is 5.32 Å². The number of carboxylic acids is 3. The summed E-state index contributed by atoms with van der Waals surface area (Å²) in [6.45, 7) is 6.16. The van der Waals surface area contributed by atoms with Gasteiger partial charge in [-0.25, -0.2) is 0 Å². The van der Waals surface area contributed by atoms with Gasteiger partial charge in [-0.2, -0.15) is 0 Å². The molecule has 9 nitrogen and oxygen atoms in total. The first kappa shape index (κ1) is 43.6. The quantitative estimate of drug-likeness (QED) is 0.231. The molecule has 0 heterocycles. The van der Waals surface area contributed by atoms with Gasteiger partial charge in [-0.1, -0.05) is 0 Å². The van der Waals surface area contributed by atoms with Gasteiger partial charge in [0.2, 0.25) is 0 Å². The molecule has 0 bridgehead atoms. The molecule has 0 aromatic rings. The summed E-state index contributed by atoms with van der Waals surface area (Å²) in [4.78, 5) is 27.0. The second-order valence-corrected chi connectivity index (χ2v) is 2.98. The van der Waals surface area contributed by atoms with Crippen LogP contribution in [0.1, 0.15) is 27.7 Å². The third-order valence-electron chi connectivity index (χ3n) is 0.584. The van der Waals surface area contributed by atoms with Crippen LogP contribution in [-0.4, -0.2) is 146 Å². The van der Waals surface area contributed by atoms with Crippen LogP contribution in [0.2, 0.25) is 0 Å². The molecule has 0 fully saturated rings. The Bertz CT molecular complexity index is 204. The van der Waals surface area contributed by atoms with Crippen molar-refractivity contribution in [3.05, 3.63) is 0 Å². The molecule has 122 valence electrons. The number of carboxylic acid groups (broad SMARTS) is 3. The van der Waals surface area contributed by atoms with E-state index in [-0.39, 0.29) is 88.7 Å². The zero-order valence-corrected chi connectivity index (χ0v) is 11.6. The van der Waals surface area contributed by atoms with Gasteiger partial charge in [-0.05, 0) is 6.92 Å². The summed E-state index contributed by atoms with van der Waals surface area (Å²) in [6.07, 6.45) is -0.427. The van der Waals surface area contributed by atoms with Gasteiger partial charge < -0.3 is 26.2 Å². The molecule has 1 atom stereocenters. The summed E-state index contributed by atoms with van der Waals surface area (Å²) < 4.78 is 0. The van der Waals surface area contributed by atoms with Gasteiger partial charge in [0, 0.05) is 33.9 Å². The number of aliphatic hydroxyl groups excluding tert-OH is 1. The zero-order chi connectivity index (χ0) is 16.4. The van der Waals surface area contributed by atoms with E-state index in [0.29, 0.717) is 13.1 Å². The van der Waals surface area contributed by atoms with E-state index < -0.39 is 24.1 Å². The van der Waals surface area contributed by atoms with E-state index >= 15 is 0 Å². The molecule has 0 amide bonds. The molecule has 22 heavy (non-hydrogen) atoms. The van der Waals surface area contributed by atoms with E-state index in [9.17, 15) is 0 Å². The van der Waals surface area contributed by atoms with E-state index in [1.807, 2.05) is 0 Å². The minimum absolute atomic E-state index is 0. The summed E-state index contributed by atoms with van der Waals surface area (Å²) in [5.74, 6) is -2.50. The van der Waals surface area contributed by atoms with Crippen LogP contribution in [0.5, 0.6) is 0 Å². The molecule has 0 aromatic heterocycles. The second kappa shape index (κ2) is 38.1. The maximum absolute atomic E-state index is 9.00. The average Bonchev–Trinajstić information content (AvgIpc) is 2.11. The van der Waals surface area contributed by atoms with Crippen molar-refractivity contribution < 1.29 is 34.8 Å². The minimum atomic E-state index is -0.833. The van der Waals surface area contributed by atoms with Gasteiger partial charge in [0.15, 0.2) is 0 Å². The molecule has 0 aliphatic rings. The van der Waals surface area contributed by atoms with E-state index in [1.165, 1.54) is 0 Å². The molecule has 1 unspecified atom stereocenters. The summed E-state index contributed by atoms with van der Waals surface area (Å²) in [7, 11) is 0. The van der Waals surface area contributed by atoms with Crippen LogP contribution >= 0.6 is 0 Å². The summed E-state index contributed by atoms with van der Waals surface area (Å²) >= 11 is 0. The van der Waals surface area contributed by atoms with Gasteiger partial charge >= 0.3 is 88.7 Å². The molecule has 0 aliphatic carbocycles. The molecule has 0 saturated carbocycles. The van der Waals surface area contributed by atoms with Crippen LogP contribution < -0.4 is 11.1 Å². The Balaban J connectivity index is -0.0000000270. The monoisotopic (exact) mass is 356 g/mol. The number of hydrogen-bond acceptors (Lipinski definition) is 6. The molecule has 0 aliphatic heterocycles. The van der Waals surface area contributed by atoms with E-state index in [4.69, 9.17) is 40.5 Å². The third-order valence-corrected chi connectivity index (χ3v) is 0.584. The summed E-state index contributed by atoms with van der Waals surface area (Å²) in [6, 6.07) is 0. The van der Waals surface area contributed by atoms with Crippen molar-refractivity contribution in [2.75, 3.05) is 13.1 Å². The Labute approximate surface area is 197 Å². The van der Waals surface area contributed by atoms with Crippen molar-refractivity contribution in [1.29, 1.82) is 0 Å². The van der Waals surface area contributed by atoms with Gasteiger partial charge in [0.25, 0.3) is 17.9 Å².